The minimum Gasteiger partial charge on any atom is -0.303 e. The summed E-state index contributed by atoms with van der Waals surface area (Å²) in [5.74, 6) is 0. The zero-order valence-electron chi connectivity index (χ0n) is 15.1. The van der Waals surface area contributed by atoms with Crippen LogP contribution in [0.2, 0.25) is 0 Å². The zero-order valence-corrected chi connectivity index (χ0v) is 20.5. The molecule has 180 valence electrons. The highest BCUT2D eigenvalue weighted by Crippen LogP contribution is 2.82. The molecule has 0 bridgehead atoms. The van der Waals surface area contributed by atoms with Gasteiger partial charge in [-0.05, 0) is 20.8 Å². The van der Waals surface area contributed by atoms with Crippen LogP contribution in [-0.4, -0.2) is 19.8 Å². The van der Waals surface area contributed by atoms with Gasteiger partial charge in [-0.25, -0.2) is 0 Å². The number of hydrogen-bond acceptors (Lipinski definition) is 9. The van der Waals surface area contributed by atoms with Gasteiger partial charge in [-0.3, -0.25) is 0 Å². The van der Waals surface area contributed by atoms with Crippen molar-refractivity contribution in [3.63, 3.8) is 0 Å². The first-order chi connectivity index (χ1) is 13.4. The van der Waals surface area contributed by atoms with Crippen molar-refractivity contribution in [3.8, 4) is 0 Å². The molecule has 1 aliphatic heterocycles. The van der Waals surface area contributed by atoms with Crippen molar-refractivity contribution < 1.29 is 51.3 Å². The van der Waals surface area contributed by atoms with Crippen LogP contribution >= 0.6 is 46.7 Å². The second-order valence-electron chi connectivity index (χ2n) is 4.58. The molecule has 0 spiro atoms. The van der Waals surface area contributed by atoms with Crippen LogP contribution < -0.4 is 0 Å². The average molecular weight is 576 g/mol. The SMILES string of the molecule is CCOP1(F)=NP(F)(F)=NP(F)(F)=NP(F)(F)=NP(F)(OCC)=NP(F)(OCC)=N1. The van der Waals surface area contributed by atoms with Gasteiger partial charge in [0.05, 0.1) is 19.8 Å². The van der Waals surface area contributed by atoms with Gasteiger partial charge in [0.15, 0.2) is 0 Å². The summed E-state index contributed by atoms with van der Waals surface area (Å²) in [6.07, 6.45) is 0. The van der Waals surface area contributed by atoms with E-state index in [1.807, 2.05) is 0 Å². The summed E-state index contributed by atoms with van der Waals surface area (Å²) in [4.78, 5) is 0. The van der Waals surface area contributed by atoms with E-state index < -0.39 is 66.5 Å². The summed E-state index contributed by atoms with van der Waals surface area (Å²) < 4.78 is 153. The third-order valence-corrected chi connectivity index (χ3v) is 14.4. The van der Waals surface area contributed by atoms with Crippen molar-refractivity contribution >= 4 is 46.7 Å². The maximum absolute atomic E-state index is 15.0. The summed E-state index contributed by atoms with van der Waals surface area (Å²) in [5.41, 5.74) is 0. The van der Waals surface area contributed by atoms with Gasteiger partial charge in [0.25, 0.3) is 0 Å². The van der Waals surface area contributed by atoms with E-state index in [-0.39, 0.29) is 0 Å². The number of hydrogen-bond donors (Lipinski definition) is 0. The Bertz CT molecular complexity index is 974. The molecule has 3 atom stereocenters. The fourth-order valence-corrected chi connectivity index (χ4v) is 12.9. The Kier molecular flexibility index (Phi) is 9.81. The Labute approximate surface area is 166 Å². The fourth-order valence-electron chi connectivity index (χ4n) is 1.55. The summed E-state index contributed by atoms with van der Waals surface area (Å²) in [6.45, 7) is 0.939. The largest absolute Gasteiger partial charge is 0.425 e. The maximum Gasteiger partial charge on any atom is 0.425 e. The first-order valence-electron chi connectivity index (χ1n) is 7.46. The summed E-state index contributed by atoms with van der Waals surface area (Å²) in [7, 11) is -37.7. The molecule has 30 heavy (non-hydrogen) atoms. The van der Waals surface area contributed by atoms with Gasteiger partial charge in [0, 0.05) is 0 Å². The molecule has 1 heterocycles. The van der Waals surface area contributed by atoms with E-state index >= 15 is 4.20 Å². The molecule has 0 aromatic carbocycles. The molecule has 0 aromatic rings. The predicted molar refractivity (Wildman–Crippen MR) is 101 cm³/mol. The minimum atomic E-state index is -6.87. The molecule has 24 heteroatoms. The van der Waals surface area contributed by atoms with Crippen LogP contribution in [0.3, 0.4) is 0 Å². The second kappa shape index (κ2) is 10.3. The van der Waals surface area contributed by atoms with Crippen LogP contribution in [0.15, 0.2) is 27.1 Å². The quantitative estimate of drug-likeness (QED) is 0.232. The lowest BCUT2D eigenvalue weighted by Gasteiger charge is -2.18. The van der Waals surface area contributed by atoms with E-state index in [0.29, 0.717) is 0 Å². The Hall–Kier alpha value is 0.630. The summed E-state index contributed by atoms with van der Waals surface area (Å²) in [5, 5.41) is 0. The van der Waals surface area contributed by atoms with E-state index in [4.69, 9.17) is 0 Å². The Morgan fingerprint density at radius 3 is 1.07 bits per heavy atom. The zero-order chi connectivity index (χ0) is 23.5. The number of nitrogens with zero attached hydrogens (tertiary/aromatic N) is 6. The molecule has 1 aliphatic rings. The van der Waals surface area contributed by atoms with Crippen LogP contribution in [0.5, 0.6) is 0 Å². The van der Waals surface area contributed by atoms with Crippen LogP contribution in [0.4, 0.5) is 37.8 Å². The van der Waals surface area contributed by atoms with Crippen LogP contribution in [0.1, 0.15) is 20.8 Å². The predicted octanol–water partition coefficient (Wildman–Crippen LogP) is 11.5. The Balaban J connectivity index is 4.25. The highest BCUT2D eigenvalue weighted by Gasteiger charge is 2.41. The van der Waals surface area contributed by atoms with E-state index in [2.05, 4.69) is 31.6 Å². The molecular weight excluding hydrogens is 561 g/mol. The normalized spacial score (nSPS) is 35.6. The standard InChI is InChI=1S/C6H15F9N6O3P6/c1-4-22-28(13)18-26(9,10)16-25(7,8)17-27(11,12)19-29(14,23-5-2)21-30(15,20-28)24-6-3/h4-6H2,1-3H3. The summed E-state index contributed by atoms with van der Waals surface area (Å²) >= 11 is 0. The van der Waals surface area contributed by atoms with Gasteiger partial charge >= 0.3 is 46.7 Å². The lowest BCUT2D eigenvalue weighted by Crippen LogP contribution is -1.88. The Morgan fingerprint density at radius 1 is 0.433 bits per heavy atom. The molecule has 0 fully saturated rings. The van der Waals surface area contributed by atoms with Gasteiger partial charge in [0.1, 0.15) is 0 Å². The van der Waals surface area contributed by atoms with Crippen LogP contribution in [0, 0.1) is 0 Å². The Morgan fingerprint density at radius 2 is 0.700 bits per heavy atom. The molecule has 1 rings (SSSR count). The molecule has 3 unspecified atom stereocenters. The number of halogens is 9. The van der Waals surface area contributed by atoms with Gasteiger partial charge in [-0.1, -0.05) is 0 Å². The molecule has 9 nitrogen and oxygen atoms in total. The molecule has 0 radical (unpaired) electrons. The lowest BCUT2D eigenvalue weighted by molar-refractivity contribution is 0.333. The van der Waals surface area contributed by atoms with Gasteiger partial charge in [-0.2, -0.15) is 12.6 Å². The first-order valence-corrected chi connectivity index (χ1v) is 16.4. The van der Waals surface area contributed by atoms with Crippen molar-refractivity contribution in [2.24, 2.45) is 27.1 Å². The molecule has 0 amide bonds. The molecule has 0 aromatic heterocycles. The van der Waals surface area contributed by atoms with Gasteiger partial charge in [0.2, 0.25) is 0 Å². The van der Waals surface area contributed by atoms with Gasteiger partial charge in [-0.15, -0.1) is 52.3 Å². The average Bonchev–Trinajstić information content (AvgIpc) is 2.40. The highest BCUT2D eigenvalue weighted by molar-refractivity contribution is 7.78. The van der Waals surface area contributed by atoms with Crippen molar-refractivity contribution in [1.82, 2.24) is 0 Å². The van der Waals surface area contributed by atoms with Crippen LogP contribution in [-0.2, 0) is 13.6 Å². The van der Waals surface area contributed by atoms with E-state index in [1.54, 1.807) is 9.03 Å². The molecule has 0 saturated carbocycles. The fraction of sp³-hybridized carbons (Fsp3) is 1.00. The maximum atomic E-state index is 15.0. The topological polar surface area (TPSA) is 102 Å². The van der Waals surface area contributed by atoms with E-state index in [0.717, 1.165) is 20.8 Å². The van der Waals surface area contributed by atoms with Crippen molar-refractivity contribution in [1.29, 1.82) is 0 Å². The smallest absolute Gasteiger partial charge is 0.303 e. The minimum absolute atomic E-state index is 0.703. The van der Waals surface area contributed by atoms with Crippen LogP contribution in [0.25, 0.3) is 0 Å². The van der Waals surface area contributed by atoms with Crippen molar-refractivity contribution in [3.05, 3.63) is 0 Å². The number of rotatable bonds is 6. The third kappa shape index (κ3) is 9.24. The lowest BCUT2D eigenvalue weighted by atomic mass is 10.9. The van der Waals surface area contributed by atoms with Crippen molar-refractivity contribution in [2.75, 3.05) is 19.8 Å². The monoisotopic (exact) mass is 576 g/mol. The third-order valence-electron chi connectivity index (χ3n) is 2.19. The van der Waals surface area contributed by atoms with Gasteiger partial charge < -0.3 is 13.6 Å². The molecule has 0 aliphatic carbocycles. The molecule has 0 saturated heterocycles. The summed E-state index contributed by atoms with van der Waals surface area (Å²) in [6, 6.07) is 0. The molecule has 0 N–H and O–H groups in total. The highest BCUT2D eigenvalue weighted by atomic mass is 31.3. The second-order valence-corrected chi connectivity index (χ2v) is 15.2. The molecular formula is C6H15F9N6O3P6. The van der Waals surface area contributed by atoms with Crippen molar-refractivity contribution in [2.45, 2.75) is 20.8 Å². The van der Waals surface area contributed by atoms with E-state index in [1.165, 1.54) is 0 Å². The van der Waals surface area contributed by atoms with E-state index in [9.17, 15) is 33.6 Å². The first kappa shape index (κ1) is 28.7.